The predicted molar refractivity (Wildman–Crippen MR) is 89.1 cm³/mol. The van der Waals surface area contributed by atoms with Crippen LogP contribution < -0.4 is 4.72 Å². The molecule has 6 heteroatoms. The lowest BCUT2D eigenvalue weighted by Gasteiger charge is -2.09. The van der Waals surface area contributed by atoms with E-state index >= 15 is 0 Å². The first kappa shape index (κ1) is 16.9. The van der Waals surface area contributed by atoms with Crippen LogP contribution in [0.2, 0.25) is 0 Å². The number of hydrogen-bond acceptors (Lipinski definition) is 4. The van der Waals surface area contributed by atoms with Crippen molar-refractivity contribution >= 4 is 27.1 Å². The molecule has 0 saturated carbocycles. The Kier molecular flexibility index (Phi) is 5.16. The first-order chi connectivity index (χ1) is 10.3. The van der Waals surface area contributed by atoms with Crippen LogP contribution in [0.3, 0.4) is 0 Å². The standard InChI is InChI=1S/C16H19NO3S2/c1-11-4-5-12(2)16(10-11)22(19,20)17-9-8-14-6-7-15(21-14)13(3)18/h4-7,10,17H,8-9H2,1-3H3. The highest BCUT2D eigenvalue weighted by Crippen LogP contribution is 2.19. The molecular weight excluding hydrogens is 318 g/mol. The van der Waals surface area contributed by atoms with Crippen molar-refractivity contribution in [2.75, 3.05) is 6.54 Å². The molecule has 2 aromatic rings. The summed E-state index contributed by atoms with van der Waals surface area (Å²) in [6, 6.07) is 9.03. The van der Waals surface area contributed by atoms with Gasteiger partial charge in [-0.05, 0) is 56.5 Å². The molecule has 0 spiro atoms. The van der Waals surface area contributed by atoms with Crippen molar-refractivity contribution in [2.45, 2.75) is 32.1 Å². The summed E-state index contributed by atoms with van der Waals surface area (Å²) in [7, 11) is -3.51. The smallest absolute Gasteiger partial charge is 0.240 e. The highest BCUT2D eigenvalue weighted by Gasteiger charge is 2.16. The number of nitrogens with one attached hydrogen (secondary N) is 1. The van der Waals surface area contributed by atoms with Crippen LogP contribution in [0.25, 0.3) is 0 Å². The van der Waals surface area contributed by atoms with Crippen molar-refractivity contribution in [1.29, 1.82) is 0 Å². The van der Waals surface area contributed by atoms with Crippen LogP contribution >= 0.6 is 11.3 Å². The Labute approximate surface area is 135 Å². The molecule has 0 unspecified atom stereocenters. The SMILES string of the molecule is CC(=O)c1ccc(CCNS(=O)(=O)c2cc(C)ccc2C)s1. The lowest BCUT2D eigenvalue weighted by Crippen LogP contribution is -2.26. The molecule has 0 bridgehead atoms. The minimum atomic E-state index is -3.51. The van der Waals surface area contributed by atoms with Gasteiger partial charge >= 0.3 is 0 Å². The third kappa shape index (κ3) is 4.03. The maximum Gasteiger partial charge on any atom is 0.240 e. The number of thiophene rings is 1. The fourth-order valence-corrected chi connectivity index (χ4v) is 4.35. The molecule has 1 aromatic carbocycles. The minimum Gasteiger partial charge on any atom is -0.294 e. The zero-order valence-electron chi connectivity index (χ0n) is 12.8. The monoisotopic (exact) mass is 337 g/mol. The number of aryl methyl sites for hydroxylation is 2. The molecule has 1 N–H and O–H groups in total. The Balaban J connectivity index is 2.03. The Morgan fingerprint density at radius 1 is 1.18 bits per heavy atom. The van der Waals surface area contributed by atoms with Gasteiger partial charge < -0.3 is 0 Å². The van der Waals surface area contributed by atoms with E-state index in [0.717, 1.165) is 16.0 Å². The zero-order chi connectivity index (χ0) is 16.3. The molecule has 0 fully saturated rings. The second-order valence-corrected chi connectivity index (χ2v) is 8.14. The van der Waals surface area contributed by atoms with E-state index in [4.69, 9.17) is 0 Å². The Bertz CT molecular complexity index is 791. The number of hydrogen-bond donors (Lipinski definition) is 1. The lowest BCUT2D eigenvalue weighted by atomic mass is 10.2. The maximum atomic E-state index is 12.3. The molecule has 118 valence electrons. The van der Waals surface area contributed by atoms with E-state index in [0.29, 0.717) is 22.7 Å². The van der Waals surface area contributed by atoms with E-state index in [1.165, 1.54) is 18.3 Å². The third-order valence-corrected chi connectivity index (χ3v) is 6.15. The number of carbonyl (C=O) groups is 1. The van der Waals surface area contributed by atoms with E-state index in [9.17, 15) is 13.2 Å². The molecule has 2 rings (SSSR count). The van der Waals surface area contributed by atoms with Gasteiger partial charge in [0, 0.05) is 11.4 Å². The summed E-state index contributed by atoms with van der Waals surface area (Å²) < 4.78 is 27.3. The van der Waals surface area contributed by atoms with E-state index in [1.807, 2.05) is 25.1 Å². The number of ketones is 1. The fourth-order valence-electron chi connectivity index (χ4n) is 2.08. The van der Waals surface area contributed by atoms with Gasteiger partial charge in [-0.2, -0.15) is 0 Å². The summed E-state index contributed by atoms with van der Waals surface area (Å²) in [6.07, 6.45) is 0.571. The third-order valence-electron chi connectivity index (χ3n) is 3.31. The Hall–Kier alpha value is -1.50. The van der Waals surface area contributed by atoms with Gasteiger partial charge in [-0.1, -0.05) is 12.1 Å². The molecule has 0 aliphatic carbocycles. The number of benzene rings is 1. The number of sulfonamides is 1. The summed E-state index contributed by atoms with van der Waals surface area (Å²) >= 11 is 1.41. The van der Waals surface area contributed by atoms with Crippen molar-refractivity contribution < 1.29 is 13.2 Å². The average Bonchev–Trinajstić information content (AvgIpc) is 2.90. The van der Waals surface area contributed by atoms with Crippen molar-refractivity contribution in [3.63, 3.8) is 0 Å². The highest BCUT2D eigenvalue weighted by molar-refractivity contribution is 7.89. The van der Waals surface area contributed by atoms with Gasteiger partial charge in [0.25, 0.3) is 0 Å². The Morgan fingerprint density at radius 3 is 2.55 bits per heavy atom. The molecule has 0 saturated heterocycles. The summed E-state index contributed by atoms with van der Waals surface area (Å²) in [6.45, 7) is 5.49. The van der Waals surface area contributed by atoms with E-state index in [-0.39, 0.29) is 5.78 Å². The fraction of sp³-hybridized carbons (Fsp3) is 0.312. The summed E-state index contributed by atoms with van der Waals surface area (Å²) in [5.74, 6) is 0.0345. The van der Waals surface area contributed by atoms with Crippen molar-refractivity contribution in [3.05, 3.63) is 51.2 Å². The van der Waals surface area contributed by atoms with Crippen LogP contribution in [0.4, 0.5) is 0 Å². The predicted octanol–water partition coefficient (Wildman–Crippen LogP) is 3.09. The molecule has 0 radical (unpaired) electrons. The van der Waals surface area contributed by atoms with Crippen LogP contribution in [0.1, 0.15) is 32.6 Å². The molecule has 4 nitrogen and oxygen atoms in total. The second-order valence-electron chi connectivity index (χ2n) is 5.24. The van der Waals surface area contributed by atoms with Crippen LogP contribution in [0, 0.1) is 13.8 Å². The van der Waals surface area contributed by atoms with Gasteiger partial charge in [0.15, 0.2) is 5.78 Å². The number of Topliss-reactive ketones (excluding diaryl/α,β-unsaturated/α-hetero) is 1. The lowest BCUT2D eigenvalue weighted by molar-refractivity contribution is 0.102. The highest BCUT2D eigenvalue weighted by atomic mass is 32.2. The van der Waals surface area contributed by atoms with Gasteiger partial charge in [-0.25, -0.2) is 13.1 Å². The quantitative estimate of drug-likeness (QED) is 0.824. The van der Waals surface area contributed by atoms with Crippen LogP contribution in [-0.2, 0) is 16.4 Å². The van der Waals surface area contributed by atoms with Crippen LogP contribution in [-0.4, -0.2) is 20.7 Å². The topological polar surface area (TPSA) is 63.2 Å². The molecule has 22 heavy (non-hydrogen) atoms. The molecule has 1 heterocycles. The molecule has 0 aliphatic heterocycles. The van der Waals surface area contributed by atoms with Gasteiger partial charge in [0.2, 0.25) is 10.0 Å². The van der Waals surface area contributed by atoms with Crippen molar-refractivity contribution in [1.82, 2.24) is 4.72 Å². The molecule has 1 aromatic heterocycles. The van der Waals surface area contributed by atoms with Gasteiger partial charge in [0.1, 0.15) is 0 Å². The van der Waals surface area contributed by atoms with Gasteiger partial charge in [-0.15, -0.1) is 11.3 Å². The first-order valence-electron chi connectivity index (χ1n) is 6.96. The number of carbonyl (C=O) groups excluding carboxylic acids is 1. The second kappa shape index (κ2) is 6.73. The molecule has 0 amide bonds. The maximum absolute atomic E-state index is 12.3. The Morgan fingerprint density at radius 2 is 1.91 bits per heavy atom. The summed E-state index contributed by atoms with van der Waals surface area (Å²) in [5, 5.41) is 0. The largest absolute Gasteiger partial charge is 0.294 e. The van der Waals surface area contributed by atoms with Crippen LogP contribution in [0.15, 0.2) is 35.2 Å². The van der Waals surface area contributed by atoms with E-state index < -0.39 is 10.0 Å². The normalized spacial score (nSPS) is 11.6. The number of rotatable bonds is 6. The zero-order valence-corrected chi connectivity index (χ0v) is 14.5. The molecule has 0 aliphatic rings. The average molecular weight is 337 g/mol. The summed E-state index contributed by atoms with van der Waals surface area (Å²) in [5.41, 5.74) is 1.64. The van der Waals surface area contributed by atoms with Gasteiger partial charge in [-0.3, -0.25) is 4.79 Å². The molecular formula is C16H19NO3S2. The van der Waals surface area contributed by atoms with Crippen molar-refractivity contribution in [3.8, 4) is 0 Å². The first-order valence-corrected chi connectivity index (χ1v) is 9.26. The van der Waals surface area contributed by atoms with E-state index in [2.05, 4.69) is 4.72 Å². The van der Waals surface area contributed by atoms with Crippen LogP contribution in [0.5, 0.6) is 0 Å². The molecule has 0 atom stereocenters. The van der Waals surface area contributed by atoms with Crippen molar-refractivity contribution in [2.24, 2.45) is 0 Å². The van der Waals surface area contributed by atoms with Gasteiger partial charge in [0.05, 0.1) is 9.77 Å². The summed E-state index contributed by atoms with van der Waals surface area (Å²) in [4.78, 5) is 13.3. The minimum absolute atomic E-state index is 0.0345. The van der Waals surface area contributed by atoms with E-state index in [1.54, 1.807) is 19.1 Å².